The highest BCUT2D eigenvalue weighted by Crippen LogP contribution is 2.33. The minimum atomic E-state index is -0.267. The smallest absolute Gasteiger partial charge is 0.293 e. The normalized spacial score (nSPS) is 20.1. The maximum Gasteiger partial charge on any atom is 0.293 e. The van der Waals surface area contributed by atoms with Crippen molar-refractivity contribution in [1.82, 2.24) is 24.6 Å². The maximum absolute atomic E-state index is 12.8. The minimum Gasteiger partial charge on any atom is -0.338 e. The third-order valence-electron chi connectivity index (χ3n) is 5.71. The SMILES string of the molecule is O=C(Nc1ccccc1)c1nnc2n1CC1CN(C(=O)c3ccncc3)CC1C2. The Balaban J connectivity index is 1.31. The Morgan fingerprint density at radius 2 is 1.69 bits per heavy atom. The number of rotatable bonds is 3. The quantitative estimate of drug-likeness (QED) is 0.739. The summed E-state index contributed by atoms with van der Waals surface area (Å²) in [4.78, 5) is 31.3. The van der Waals surface area contributed by atoms with Crippen molar-refractivity contribution >= 4 is 17.5 Å². The van der Waals surface area contributed by atoms with Gasteiger partial charge < -0.3 is 14.8 Å². The molecule has 146 valence electrons. The summed E-state index contributed by atoms with van der Waals surface area (Å²) < 4.78 is 1.90. The Bertz CT molecular complexity index is 1050. The van der Waals surface area contributed by atoms with Crippen molar-refractivity contribution < 1.29 is 9.59 Å². The number of carbonyl (C=O) groups excluding carboxylic acids is 2. The van der Waals surface area contributed by atoms with E-state index < -0.39 is 0 Å². The average molecular weight is 388 g/mol. The van der Waals surface area contributed by atoms with Crippen molar-refractivity contribution in [3.05, 3.63) is 72.1 Å². The Kier molecular flexibility index (Phi) is 4.31. The van der Waals surface area contributed by atoms with Gasteiger partial charge in [0.15, 0.2) is 0 Å². The van der Waals surface area contributed by atoms with Crippen molar-refractivity contribution in [3.8, 4) is 0 Å². The van der Waals surface area contributed by atoms with Gasteiger partial charge in [-0.25, -0.2) is 0 Å². The number of amides is 2. The number of hydrogen-bond acceptors (Lipinski definition) is 5. The molecule has 2 aliphatic rings. The van der Waals surface area contributed by atoms with Crippen LogP contribution < -0.4 is 5.32 Å². The second kappa shape index (κ2) is 7.12. The molecule has 2 atom stereocenters. The summed E-state index contributed by atoms with van der Waals surface area (Å²) in [6.45, 7) is 2.01. The van der Waals surface area contributed by atoms with E-state index in [-0.39, 0.29) is 17.7 Å². The summed E-state index contributed by atoms with van der Waals surface area (Å²) in [7, 11) is 0. The van der Waals surface area contributed by atoms with E-state index in [1.165, 1.54) is 0 Å². The molecular formula is C21H20N6O2. The van der Waals surface area contributed by atoms with Crippen LogP contribution in [0.4, 0.5) is 5.69 Å². The van der Waals surface area contributed by atoms with E-state index in [1.54, 1.807) is 24.5 Å². The second-order valence-electron chi connectivity index (χ2n) is 7.54. The number of likely N-dealkylation sites (tertiary alicyclic amines) is 1. The van der Waals surface area contributed by atoms with Gasteiger partial charge in [0.05, 0.1) is 0 Å². The van der Waals surface area contributed by atoms with Crippen molar-refractivity contribution in [3.63, 3.8) is 0 Å². The number of nitrogens with zero attached hydrogens (tertiary/aromatic N) is 5. The van der Waals surface area contributed by atoms with Gasteiger partial charge in [-0.05, 0) is 36.1 Å². The van der Waals surface area contributed by atoms with Crippen LogP contribution in [-0.2, 0) is 13.0 Å². The molecule has 3 aromatic rings. The van der Waals surface area contributed by atoms with E-state index in [9.17, 15) is 9.59 Å². The summed E-state index contributed by atoms with van der Waals surface area (Å²) in [6, 6.07) is 12.8. The number of para-hydroxylation sites is 1. The van der Waals surface area contributed by atoms with Gasteiger partial charge in [-0.3, -0.25) is 14.6 Å². The van der Waals surface area contributed by atoms with Gasteiger partial charge in [-0.2, -0.15) is 0 Å². The number of fused-ring (bicyclic) bond motifs is 2. The van der Waals surface area contributed by atoms with E-state index in [2.05, 4.69) is 20.5 Å². The van der Waals surface area contributed by atoms with Gasteiger partial charge in [0.25, 0.3) is 11.8 Å². The topological polar surface area (TPSA) is 93.0 Å². The van der Waals surface area contributed by atoms with Gasteiger partial charge in [-0.1, -0.05) is 18.2 Å². The van der Waals surface area contributed by atoms with Gasteiger partial charge in [0.1, 0.15) is 5.82 Å². The monoisotopic (exact) mass is 388 g/mol. The van der Waals surface area contributed by atoms with Crippen LogP contribution in [0.25, 0.3) is 0 Å². The lowest BCUT2D eigenvalue weighted by atomic mass is 9.89. The molecule has 2 aromatic heterocycles. The number of pyridine rings is 1. The first-order valence-electron chi connectivity index (χ1n) is 9.67. The lowest BCUT2D eigenvalue weighted by Gasteiger charge is -2.25. The molecule has 0 bridgehead atoms. The molecule has 0 saturated carbocycles. The highest BCUT2D eigenvalue weighted by molar-refractivity contribution is 6.01. The highest BCUT2D eigenvalue weighted by atomic mass is 16.2. The number of benzene rings is 1. The van der Waals surface area contributed by atoms with Crippen LogP contribution in [0.15, 0.2) is 54.9 Å². The van der Waals surface area contributed by atoms with Crippen LogP contribution in [0, 0.1) is 11.8 Å². The predicted molar refractivity (Wildman–Crippen MR) is 105 cm³/mol. The molecule has 8 nitrogen and oxygen atoms in total. The molecule has 2 unspecified atom stereocenters. The molecule has 5 rings (SSSR count). The van der Waals surface area contributed by atoms with E-state index in [0.717, 1.165) is 17.9 Å². The van der Waals surface area contributed by atoms with Crippen LogP contribution in [-0.4, -0.2) is 49.6 Å². The molecular weight excluding hydrogens is 368 g/mol. The van der Waals surface area contributed by atoms with Crippen molar-refractivity contribution in [2.75, 3.05) is 18.4 Å². The van der Waals surface area contributed by atoms with E-state index in [0.29, 0.717) is 36.9 Å². The van der Waals surface area contributed by atoms with Gasteiger partial charge in [-0.15, -0.1) is 10.2 Å². The fourth-order valence-corrected chi connectivity index (χ4v) is 4.24. The van der Waals surface area contributed by atoms with Crippen LogP contribution in [0.2, 0.25) is 0 Å². The fraction of sp³-hybridized carbons (Fsp3) is 0.286. The summed E-state index contributed by atoms with van der Waals surface area (Å²) >= 11 is 0. The molecule has 0 spiro atoms. The van der Waals surface area contributed by atoms with Gasteiger partial charge >= 0.3 is 0 Å². The zero-order valence-electron chi connectivity index (χ0n) is 15.7. The number of hydrogen-bond donors (Lipinski definition) is 1. The van der Waals surface area contributed by atoms with Gasteiger partial charge in [0.2, 0.25) is 5.82 Å². The molecule has 4 heterocycles. The molecule has 1 aromatic carbocycles. The Labute approximate surface area is 167 Å². The zero-order valence-corrected chi connectivity index (χ0v) is 15.7. The molecule has 2 aliphatic heterocycles. The van der Waals surface area contributed by atoms with Crippen LogP contribution in [0.3, 0.4) is 0 Å². The third kappa shape index (κ3) is 3.26. The van der Waals surface area contributed by atoms with Crippen molar-refractivity contribution in [1.29, 1.82) is 0 Å². The lowest BCUT2D eigenvalue weighted by molar-refractivity contribution is 0.0783. The van der Waals surface area contributed by atoms with Crippen molar-refractivity contribution in [2.45, 2.75) is 13.0 Å². The highest BCUT2D eigenvalue weighted by Gasteiger charge is 2.40. The minimum absolute atomic E-state index is 0.0274. The summed E-state index contributed by atoms with van der Waals surface area (Å²) in [6.07, 6.45) is 3.99. The van der Waals surface area contributed by atoms with Crippen LogP contribution in [0.1, 0.15) is 26.8 Å². The third-order valence-corrected chi connectivity index (χ3v) is 5.71. The number of nitrogens with one attached hydrogen (secondary N) is 1. The van der Waals surface area contributed by atoms with E-state index >= 15 is 0 Å². The first kappa shape index (κ1) is 17.5. The molecule has 8 heteroatoms. The summed E-state index contributed by atoms with van der Waals surface area (Å²) in [5, 5.41) is 11.3. The molecule has 29 heavy (non-hydrogen) atoms. The Hall–Kier alpha value is -3.55. The number of carbonyl (C=O) groups is 2. The second-order valence-corrected chi connectivity index (χ2v) is 7.54. The summed E-state index contributed by atoms with van der Waals surface area (Å²) in [5.41, 5.74) is 1.37. The molecule has 1 saturated heterocycles. The molecule has 0 radical (unpaired) electrons. The zero-order chi connectivity index (χ0) is 19.8. The molecule has 1 fully saturated rings. The van der Waals surface area contributed by atoms with Crippen LogP contribution in [0.5, 0.6) is 0 Å². The van der Waals surface area contributed by atoms with Gasteiger partial charge in [0, 0.05) is 49.7 Å². The van der Waals surface area contributed by atoms with Crippen molar-refractivity contribution in [2.24, 2.45) is 11.8 Å². The standard InChI is InChI=1S/C21H20N6O2/c28-20(23-17-4-2-1-3-5-17)19-25-24-18-10-15-11-26(12-16(15)13-27(18)19)21(29)14-6-8-22-9-7-14/h1-9,15-16H,10-13H2,(H,23,28). The lowest BCUT2D eigenvalue weighted by Crippen LogP contribution is -2.31. The Morgan fingerprint density at radius 1 is 0.931 bits per heavy atom. The number of anilines is 1. The fourth-order valence-electron chi connectivity index (χ4n) is 4.24. The van der Waals surface area contributed by atoms with E-state index in [1.807, 2.05) is 39.8 Å². The first-order chi connectivity index (χ1) is 14.2. The predicted octanol–water partition coefficient (Wildman–Crippen LogP) is 1.87. The van der Waals surface area contributed by atoms with Crippen LogP contribution >= 0.6 is 0 Å². The van der Waals surface area contributed by atoms with E-state index in [4.69, 9.17) is 0 Å². The Morgan fingerprint density at radius 3 is 2.48 bits per heavy atom. The average Bonchev–Trinajstić information content (AvgIpc) is 3.36. The molecule has 2 amide bonds. The summed E-state index contributed by atoms with van der Waals surface area (Å²) in [5.74, 6) is 1.51. The molecule has 1 N–H and O–H groups in total. The maximum atomic E-state index is 12.8. The molecule has 0 aliphatic carbocycles. The number of aromatic nitrogens is 4. The largest absolute Gasteiger partial charge is 0.338 e. The first-order valence-corrected chi connectivity index (χ1v) is 9.67.